The highest BCUT2D eigenvalue weighted by Gasteiger charge is 2.26. The Hall–Kier alpha value is -1.82. The first-order chi connectivity index (χ1) is 14.2. The van der Waals surface area contributed by atoms with E-state index in [-0.39, 0.29) is 5.91 Å². The summed E-state index contributed by atoms with van der Waals surface area (Å²) in [4.78, 5) is 21.4. The predicted octanol–water partition coefficient (Wildman–Crippen LogP) is 3.00. The Morgan fingerprint density at radius 3 is 2.76 bits per heavy atom. The molecule has 2 fully saturated rings. The number of carbonyl (C=O) groups excluding carboxylic acids is 1. The Kier molecular flexibility index (Phi) is 6.90. The zero-order valence-electron chi connectivity index (χ0n) is 17.9. The molecule has 0 spiro atoms. The smallest absolute Gasteiger partial charge is 0.220 e. The standard InChI is InChI=1S/C23H36N4O2/c1-2-3-21(28)25-20-6-4-18(5-7-20)9-12-26-13-15-27(16-14-26)23-22-19(8-11-24-23)10-17-29-22/h8,11,18,20H,2-7,9-10,12-17H2,1H3,(H,25,28). The minimum atomic E-state index is 0.234. The maximum Gasteiger partial charge on any atom is 0.220 e. The van der Waals surface area contributed by atoms with Gasteiger partial charge in [0.25, 0.3) is 0 Å². The van der Waals surface area contributed by atoms with E-state index in [1.165, 1.54) is 31.4 Å². The summed E-state index contributed by atoms with van der Waals surface area (Å²) in [6, 6.07) is 2.50. The quantitative estimate of drug-likeness (QED) is 0.762. The molecule has 3 aliphatic rings. The van der Waals surface area contributed by atoms with Gasteiger partial charge in [-0.1, -0.05) is 6.92 Å². The Morgan fingerprint density at radius 1 is 1.21 bits per heavy atom. The van der Waals surface area contributed by atoms with E-state index in [4.69, 9.17) is 4.74 Å². The number of amides is 1. The molecule has 0 radical (unpaired) electrons. The number of nitrogens with one attached hydrogen (secondary N) is 1. The summed E-state index contributed by atoms with van der Waals surface area (Å²) in [5.74, 6) is 3.12. The summed E-state index contributed by atoms with van der Waals surface area (Å²) in [6.07, 6.45) is 10.6. The molecule has 6 heteroatoms. The van der Waals surface area contributed by atoms with E-state index in [0.29, 0.717) is 12.5 Å². The Morgan fingerprint density at radius 2 is 2.00 bits per heavy atom. The molecule has 1 saturated carbocycles. The molecular weight excluding hydrogens is 364 g/mol. The fraction of sp³-hybridized carbons (Fsp3) is 0.739. The van der Waals surface area contributed by atoms with Gasteiger partial charge in [-0.25, -0.2) is 4.98 Å². The van der Waals surface area contributed by atoms with Crippen LogP contribution < -0.4 is 15.0 Å². The lowest BCUT2D eigenvalue weighted by atomic mass is 9.84. The van der Waals surface area contributed by atoms with Crippen LogP contribution in [0.2, 0.25) is 0 Å². The lowest BCUT2D eigenvalue weighted by Crippen LogP contribution is -2.47. The molecule has 1 aromatic heterocycles. The number of hydrogen-bond acceptors (Lipinski definition) is 5. The number of pyridine rings is 1. The molecule has 0 bridgehead atoms. The first kappa shape index (κ1) is 20.5. The van der Waals surface area contributed by atoms with Crippen molar-refractivity contribution in [1.82, 2.24) is 15.2 Å². The average Bonchev–Trinajstić information content (AvgIpc) is 3.23. The van der Waals surface area contributed by atoms with Crippen molar-refractivity contribution >= 4 is 11.7 Å². The first-order valence-electron chi connectivity index (χ1n) is 11.6. The number of carbonyl (C=O) groups is 1. The topological polar surface area (TPSA) is 57.7 Å². The highest BCUT2D eigenvalue weighted by Crippen LogP contribution is 2.34. The van der Waals surface area contributed by atoms with Crippen molar-refractivity contribution in [3.63, 3.8) is 0 Å². The van der Waals surface area contributed by atoms with Gasteiger partial charge in [-0.05, 0) is 57.1 Å². The van der Waals surface area contributed by atoms with Crippen LogP contribution >= 0.6 is 0 Å². The largest absolute Gasteiger partial charge is 0.489 e. The molecule has 1 amide bonds. The van der Waals surface area contributed by atoms with E-state index in [1.807, 2.05) is 6.20 Å². The van der Waals surface area contributed by atoms with Gasteiger partial charge in [0.05, 0.1) is 6.61 Å². The molecule has 0 unspecified atom stereocenters. The summed E-state index contributed by atoms with van der Waals surface area (Å²) in [7, 11) is 0. The lowest BCUT2D eigenvalue weighted by Gasteiger charge is -2.37. The molecule has 0 aromatic carbocycles. The third-order valence-corrected chi connectivity index (χ3v) is 6.80. The monoisotopic (exact) mass is 400 g/mol. The predicted molar refractivity (Wildman–Crippen MR) is 116 cm³/mol. The van der Waals surface area contributed by atoms with Gasteiger partial charge >= 0.3 is 0 Å². The van der Waals surface area contributed by atoms with Crippen molar-refractivity contribution in [2.45, 2.75) is 64.3 Å². The number of piperazine rings is 1. The molecule has 1 N–H and O–H groups in total. The van der Waals surface area contributed by atoms with Crippen LogP contribution in [0.1, 0.15) is 57.4 Å². The molecule has 4 rings (SSSR count). The number of nitrogens with zero attached hydrogens (tertiary/aromatic N) is 3. The number of ether oxygens (including phenoxy) is 1. The highest BCUT2D eigenvalue weighted by molar-refractivity contribution is 5.76. The van der Waals surface area contributed by atoms with E-state index in [1.54, 1.807) is 0 Å². The van der Waals surface area contributed by atoms with E-state index in [0.717, 1.165) is 76.0 Å². The molecule has 1 saturated heterocycles. The van der Waals surface area contributed by atoms with Crippen molar-refractivity contribution in [3.05, 3.63) is 17.8 Å². The number of anilines is 1. The van der Waals surface area contributed by atoms with Crippen LogP contribution in [0.15, 0.2) is 12.3 Å². The summed E-state index contributed by atoms with van der Waals surface area (Å²) in [5.41, 5.74) is 1.30. The molecule has 1 aliphatic carbocycles. The zero-order valence-corrected chi connectivity index (χ0v) is 17.9. The van der Waals surface area contributed by atoms with Gasteiger partial charge < -0.3 is 15.0 Å². The van der Waals surface area contributed by atoms with Crippen LogP contribution in [0.4, 0.5) is 5.82 Å². The lowest BCUT2D eigenvalue weighted by molar-refractivity contribution is -0.122. The SMILES string of the molecule is CCCC(=O)NC1CCC(CCN2CCN(c3nccc4c3OCC4)CC2)CC1. The Balaban J connectivity index is 1.16. The van der Waals surface area contributed by atoms with Crippen LogP contribution in [0.3, 0.4) is 0 Å². The second kappa shape index (κ2) is 9.79. The van der Waals surface area contributed by atoms with Gasteiger partial charge in [0.15, 0.2) is 11.6 Å². The van der Waals surface area contributed by atoms with E-state index in [9.17, 15) is 4.79 Å². The maximum absolute atomic E-state index is 11.8. The Labute approximate surface area is 175 Å². The summed E-state index contributed by atoms with van der Waals surface area (Å²) >= 11 is 0. The molecule has 3 heterocycles. The third kappa shape index (κ3) is 5.21. The number of aromatic nitrogens is 1. The van der Waals surface area contributed by atoms with Crippen LogP contribution in [-0.2, 0) is 11.2 Å². The van der Waals surface area contributed by atoms with Gasteiger partial charge in [0.2, 0.25) is 5.91 Å². The minimum Gasteiger partial charge on any atom is -0.489 e. The summed E-state index contributed by atoms with van der Waals surface area (Å²) in [6.45, 7) is 8.32. The summed E-state index contributed by atoms with van der Waals surface area (Å²) < 4.78 is 5.84. The molecule has 0 atom stereocenters. The van der Waals surface area contributed by atoms with E-state index < -0.39 is 0 Å². The molecule has 29 heavy (non-hydrogen) atoms. The third-order valence-electron chi connectivity index (χ3n) is 6.80. The molecule has 1 aromatic rings. The maximum atomic E-state index is 11.8. The average molecular weight is 401 g/mol. The minimum absolute atomic E-state index is 0.234. The van der Waals surface area contributed by atoms with Gasteiger partial charge in [0, 0.05) is 56.8 Å². The van der Waals surface area contributed by atoms with Gasteiger partial charge in [-0.3, -0.25) is 9.69 Å². The van der Waals surface area contributed by atoms with Crippen LogP contribution in [0, 0.1) is 5.92 Å². The van der Waals surface area contributed by atoms with Gasteiger partial charge in [-0.15, -0.1) is 0 Å². The van der Waals surface area contributed by atoms with Crippen molar-refractivity contribution < 1.29 is 9.53 Å². The van der Waals surface area contributed by atoms with E-state index in [2.05, 4.69) is 33.1 Å². The first-order valence-corrected chi connectivity index (χ1v) is 11.6. The normalized spacial score (nSPS) is 24.8. The number of rotatable bonds is 7. The number of hydrogen-bond donors (Lipinski definition) is 1. The fourth-order valence-corrected chi connectivity index (χ4v) is 4.99. The van der Waals surface area contributed by atoms with Gasteiger partial charge in [-0.2, -0.15) is 0 Å². The second-order valence-electron chi connectivity index (χ2n) is 8.87. The van der Waals surface area contributed by atoms with E-state index >= 15 is 0 Å². The summed E-state index contributed by atoms with van der Waals surface area (Å²) in [5, 5.41) is 3.21. The number of fused-ring (bicyclic) bond motifs is 1. The fourth-order valence-electron chi connectivity index (χ4n) is 4.99. The second-order valence-corrected chi connectivity index (χ2v) is 8.87. The van der Waals surface area contributed by atoms with Crippen LogP contribution in [0.25, 0.3) is 0 Å². The van der Waals surface area contributed by atoms with Crippen molar-refractivity contribution in [2.75, 3.05) is 44.2 Å². The van der Waals surface area contributed by atoms with Crippen molar-refractivity contribution in [2.24, 2.45) is 5.92 Å². The van der Waals surface area contributed by atoms with Crippen LogP contribution in [0.5, 0.6) is 5.75 Å². The molecule has 2 aliphatic heterocycles. The molecule has 160 valence electrons. The molecule has 6 nitrogen and oxygen atoms in total. The Bertz CT molecular complexity index is 679. The molecular formula is C23H36N4O2. The van der Waals surface area contributed by atoms with Crippen LogP contribution in [-0.4, -0.2) is 61.2 Å². The van der Waals surface area contributed by atoms with Crippen molar-refractivity contribution in [3.8, 4) is 5.75 Å². The van der Waals surface area contributed by atoms with Gasteiger partial charge in [0.1, 0.15) is 0 Å². The van der Waals surface area contributed by atoms with Crippen molar-refractivity contribution in [1.29, 1.82) is 0 Å². The highest BCUT2D eigenvalue weighted by atomic mass is 16.5. The zero-order chi connectivity index (χ0) is 20.1.